The molecule has 1 aromatic heterocycles. The van der Waals surface area contributed by atoms with Crippen LogP contribution in [0.15, 0.2) is 65.8 Å². The van der Waals surface area contributed by atoms with Gasteiger partial charge in [-0.15, -0.1) is 0 Å². The Morgan fingerprint density at radius 2 is 1.62 bits per heavy atom. The molecule has 26 heavy (non-hydrogen) atoms. The maximum Gasteiger partial charge on any atom is 0.243 e. The highest BCUT2D eigenvalue weighted by molar-refractivity contribution is 6.03. The minimum Gasteiger partial charge on any atom is -0.507 e. The van der Waals surface area contributed by atoms with Crippen LogP contribution in [-0.4, -0.2) is 20.8 Å². The third-order valence-electron chi connectivity index (χ3n) is 3.98. The number of aryl methyl sites for hydroxylation is 3. The van der Waals surface area contributed by atoms with Gasteiger partial charge in [0, 0.05) is 17.0 Å². The molecule has 5 heteroatoms. The number of rotatable bonds is 6. The van der Waals surface area contributed by atoms with E-state index < -0.39 is 0 Å². The summed E-state index contributed by atoms with van der Waals surface area (Å²) in [4.78, 5) is 8.70. The Bertz CT molecular complexity index is 887. The predicted octanol–water partition coefficient (Wildman–Crippen LogP) is 4.25. The Balaban J connectivity index is 1.85. The first-order chi connectivity index (χ1) is 12.6. The molecule has 0 bridgehead atoms. The second-order valence-electron chi connectivity index (χ2n) is 6.15. The highest BCUT2D eigenvalue weighted by atomic mass is 16.3. The van der Waals surface area contributed by atoms with Crippen LogP contribution < -0.4 is 5.43 Å². The number of para-hydroxylation sites is 1. The molecule has 0 radical (unpaired) electrons. The van der Waals surface area contributed by atoms with Crippen LogP contribution in [0.1, 0.15) is 28.9 Å². The van der Waals surface area contributed by atoms with Gasteiger partial charge in [-0.2, -0.15) is 5.10 Å². The summed E-state index contributed by atoms with van der Waals surface area (Å²) in [6.07, 6.45) is 1.50. The number of anilines is 1. The zero-order valence-corrected chi connectivity index (χ0v) is 15.0. The molecule has 0 aliphatic carbocycles. The van der Waals surface area contributed by atoms with Crippen molar-refractivity contribution in [2.24, 2.45) is 5.10 Å². The SMILES string of the molecule is Cc1cc(C)nc(N/N=C(/CCc2ccccc2)c2ccccc2O)n1. The molecule has 0 saturated carbocycles. The van der Waals surface area contributed by atoms with E-state index in [9.17, 15) is 5.11 Å². The fourth-order valence-electron chi connectivity index (χ4n) is 2.77. The maximum atomic E-state index is 10.2. The fraction of sp³-hybridized carbons (Fsp3) is 0.190. The number of phenols is 1. The van der Waals surface area contributed by atoms with Crippen molar-refractivity contribution in [1.29, 1.82) is 0 Å². The minimum absolute atomic E-state index is 0.211. The van der Waals surface area contributed by atoms with Gasteiger partial charge in [0.25, 0.3) is 0 Å². The Hall–Kier alpha value is -3.21. The van der Waals surface area contributed by atoms with E-state index in [1.54, 1.807) is 12.1 Å². The van der Waals surface area contributed by atoms with Gasteiger partial charge in [-0.25, -0.2) is 15.4 Å². The summed E-state index contributed by atoms with van der Waals surface area (Å²) in [5, 5.41) is 14.7. The van der Waals surface area contributed by atoms with Gasteiger partial charge in [0.1, 0.15) is 5.75 Å². The van der Waals surface area contributed by atoms with Crippen LogP contribution in [0.2, 0.25) is 0 Å². The molecule has 0 unspecified atom stereocenters. The first-order valence-corrected chi connectivity index (χ1v) is 8.59. The van der Waals surface area contributed by atoms with Crippen LogP contribution >= 0.6 is 0 Å². The molecule has 0 aliphatic rings. The topological polar surface area (TPSA) is 70.4 Å². The molecular formula is C21H22N4O. The lowest BCUT2D eigenvalue weighted by molar-refractivity contribution is 0.474. The number of nitrogens with zero attached hydrogens (tertiary/aromatic N) is 3. The summed E-state index contributed by atoms with van der Waals surface area (Å²) in [7, 11) is 0. The molecule has 2 N–H and O–H groups in total. The van der Waals surface area contributed by atoms with Crippen LogP contribution in [-0.2, 0) is 6.42 Å². The zero-order valence-electron chi connectivity index (χ0n) is 15.0. The maximum absolute atomic E-state index is 10.2. The van der Waals surface area contributed by atoms with Gasteiger partial charge in [-0.1, -0.05) is 42.5 Å². The lowest BCUT2D eigenvalue weighted by atomic mass is 10.0. The van der Waals surface area contributed by atoms with E-state index in [4.69, 9.17) is 0 Å². The lowest BCUT2D eigenvalue weighted by Gasteiger charge is -2.10. The summed E-state index contributed by atoms with van der Waals surface area (Å²) in [5.41, 5.74) is 7.39. The quantitative estimate of drug-likeness (QED) is 0.517. The Labute approximate surface area is 153 Å². The predicted molar refractivity (Wildman–Crippen MR) is 105 cm³/mol. The van der Waals surface area contributed by atoms with Crippen molar-refractivity contribution in [1.82, 2.24) is 9.97 Å². The molecule has 3 rings (SSSR count). The number of nitrogens with one attached hydrogen (secondary N) is 1. The van der Waals surface area contributed by atoms with E-state index in [1.165, 1.54) is 5.56 Å². The third kappa shape index (κ3) is 4.66. The molecular weight excluding hydrogens is 324 g/mol. The van der Waals surface area contributed by atoms with E-state index in [-0.39, 0.29) is 5.75 Å². The Morgan fingerprint density at radius 1 is 0.962 bits per heavy atom. The summed E-state index contributed by atoms with van der Waals surface area (Å²) >= 11 is 0. The van der Waals surface area contributed by atoms with E-state index >= 15 is 0 Å². The van der Waals surface area contributed by atoms with Crippen molar-refractivity contribution in [2.75, 3.05) is 5.43 Å². The van der Waals surface area contributed by atoms with Crippen molar-refractivity contribution in [3.8, 4) is 5.75 Å². The van der Waals surface area contributed by atoms with E-state index in [0.717, 1.165) is 23.5 Å². The number of benzene rings is 2. The van der Waals surface area contributed by atoms with Crippen LogP contribution in [0.3, 0.4) is 0 Å². The highest BCUT2D eigenvalue weighted by Gasteiger charge is 2.10. The largest absolute Gasteiger partial charge is 0.507 e. The third-order valence-corrected chi connectivity index (χ3v) is 3.98. The van der Waals surface area contributed by atoms with Crippen molar-refractivity contribution in [2.45, 2.75) is 26.7 Å². The molecule has 132 valence electrons. The van der Waals surface area contributed by atoms with Gasteiger partial charge < -0.3 is 5.11 Å². The summed E-state index contributed by atoms with van der Waals surface area (Å²) in [6.45, 7) is 3.84. The van der Waals surface area contributed by atoms with Crippen LogP contribution in [0.25, 0.3) is 0 Å². The highest BCUT2D eigenvalue weighted by Crippen LogP contribution is 2.20. The summed E-state index contributed by atoms with van der Waals surface area (Å²) in [6, 6.07) is 19.3. The number of phenolic OH excluding ortho intramolecular Hbond substituents is 1. The second-order valence-corrected chi connectivity index (χ2v) is 6.15. The van der Waals surface area contributed by atoms with Gasteiger partial charge in [0.2, 0.25) is 5.95 Å². The molecule has 2 aromatic carbocycles. The summed E-state index contributed by atoms with van der Waals surface area (Å²) in [5.74, 6) is 0.664. The summed E-state index contributed by atoms with van der Waals surface area (Å²) < 4.78 is 0. The standard InChI is InChI=1S/C21H22N4O/c1-15-14-16(2)23-21(22-15)25-24-19(18-10-6-7-11-20(18)26)13-12-17-8-4-3-5-9-17/h3-11,14,26H,12-13H2,1-2H3,(H,22,23,25)/b24-19-. The van der Waals surface area contributed by atoms with Crippen molar-refractivity contribution >= 4 is 11.7 Å². The molecule has 0 atom stereocenters. The first kappa shape index (κ1) is 17.6. The number of aromatic nitrogens is 2. The molecule has 5 nitrogen and oxygen atoms in total. The molecule has 1 heterocycles. The van der Waals surface area contributed by atoms with E-state index in [0.29, 0.717) is 17.9 Å². The monoisotopic (exact) mass is 346 g/mol. The Morgan fingerprint density at radius 3 is 2.31 bits per heavy atom. The van der Waals surface area contributed by atoms with Crippen LogP contribution in [0, 0.1) is 13.8 Å². The first-order valence-electron chi connectivity index (χ1n) is 8.59. The molecule has 3 aromatic rings. The molecule has 0 aliphatic heterocycles. The zero-order chi connectivity index (χ0) is 18.4. The van der Waals surface area contributed by atoms with E-state index in [2.05, 4.69) is 32.6 Å². The van der Waals surface area contributed by atoms with Gasteiger partial charge in [-0.05, 0) is 50.5 Å². The van der Waals surface area contributed by atoms with Gasteiger partial charge in [-0.3, -0.25) is 0 Å². The van der Waals surface area contributed by atoms with Gasteiger partial charge in [0.05, 0.1) is 5.71 Å². The van der Waals surface area contributed by atoms with Crippen LogP contribution in [0.4, 0.5) is 5.95 Å². The van der Waals surface area contributed by atoms with Crippen molar-refractivity contribution in [3.63, 3.8) is 0 Å². The number of hydrogen-bond acceptors (Lipinski definition) is 5. The average Bonchev–Trinajstić information content (AvgIpc) is 2.63. The fourth-order valence-corrected chi connectivity index (χ4v) is 2.77. The van der Waals surface area contributed by atoms with Crippen molar-refractivity contribution < 1.29 is 5.11 Å². The average molecular weight is 346 g/mol. The van der Waals surface area contributed by atoms with Gasteiger partial charge >= 0.3 is 0 Å². The molecule has 0 fully saturated rings. The number of hydrogen-bond donors (Lipinski definition) is 2. The lowest BCUT2D eigenvalue weighted by Crippen LogP contribution is -2.08. The normalized spacial score (nSPS) is 11.4. The molecule has 0 saturated heterocycles. The van der Waals surface area contributed by atoms with E-state index in [1.807, 2.05) is 50.2 Å². The molecule has 0 spiro atoms. The van der Waals surface area contributed by atoms with Crippen LogP contribution in [0.5, 0.6) is 5.75 Å². The number of hydrazone groups is 1. The molecule has 0 amide bonds. The Kier molecular flexibility index (Phi) is 5.59. The van der Waals surface area contributed by atoms with Gasteiger partial charge in [0.15, 0.2) is 0 Å². The second kappa shape index (κ2) is 8.25. The smallest absolute Gasteiger partial charge is 0.243 e. The number of aromatic hydroxyl groups is 1. The minimum atomic E-state index is 0.211. The van der Waals surface area contributed by atoms with Crippen molar-refractivity contribution in [3.05, 3.63) is 83.2 Å².